The van der Waals surface area contributed by atoms with Crippen molar-refractivity contribution in [3.63, 3.8) is 0 Å². The van der Waals surface area contributed by atoms with E-state index in [9.17, 15) is 19.5 Å². The SMILES string of the molecule is O=C(O)CC[C@@H](OC(=O)C=Cc1ccc(O)c(O)c1)C(=O)O. The highest BCUT2D eigenvalue weighted by Gasteiger charge is 2.22. The molecule has 0 amide bonds. The minimum absolute atomic E-state index is 0.320. The van der Waals surface area contributed by atoms with Crippen LogP contribution in [-0.2, 0) is 19.1 Å². The minimum atomic E-state index is -1.55. The molecule has 0 heterocycles. The van der Waals surface area contributed by atoms with E-state index in [1.165, 1.54) is 24.3 Å². The number of phenols is 2. The maximum Gasteiger partial charge on any atom is 0.345 e. The molecular formula is C14H14O8. The normalized spacial score (nSPS) is 12.0. The van der Waals surface area contributed by atoms with Crippen molar-refractivity contribution < 1.29 is 39.5 Å². The number of hydrogen-bond donors (Lipinski definition) is 4. The number of hydrogen-bond acceptors (Lipinski definition) is 6. The molecule has 22 heavy (non-hydrogen) atoms. The number of aromatic hydroxyl groups is 2. The van der Waals surface area contributed by atoms with Gasteiger partial charge >= 0.3 is 17.9 Å². The van der Waals surface area contributed by atoms with Crippen LogP contribution in [0.4, 0.5) is 0 Å². The molecule has 8 heteroatoms. The lowest BCUT2D eigenvalue weighted by Gasteiger charge is -2.10. The summed E-state index contributed by atoms with van der Waals surface area (Å²) < 4.78 is 4.64. The summed E-state index contributed by atoms with van der Waals surface area (Å²) in [5, 5.41) is 35.7. The van der Waals surface area contributed by atoms with Crippen LogP contribution >= 0.6 is 0 Å². The maximum absolute atomic E-state index is 11.5. The van der Waals surface area contributed by atoms with E-state index in [0.29, 0.717) is 5.56 Å². The van der Waals surface area contributed by atoms with Crippen molar-refractivity contribution >= 4 is 24.0 Å². The highest BCUT2D eigenvalue weighted by atomic mass is 16.6. The van der Waals surface area contributed by atoms with E-state index in [1.807, 2.05) is 0 Å². The summed E-state index contributed by atoms with van der Waals surface area (Å²) in [6.45, 7) is 0. The van der Waals surface area contributed by atoms with Crippen molar-refractivity contribution in [3.05, 3.63) is 29.8 Å². The molecule has 0 fully saturated rings. The van der Waals surface area contributed by atoms with Gasteiger partial charge in [0.15, 0.2) is 17.6 Å². The predicted octanol–water partition coefficient (Wildman–Crippen LogP) is 0.972. The monoisotopic (exact) mass is 310 g/mol. The van der Waals surface area contributed by atoms with Crippen LogP contribution in [0.1, 0.15) is 18.4 Å². The summed E-state index contributed by atoms with van der Waals surface area (Å²) in [5.74, 6) is -4.30. The molecule has 0 aliphatic heterocycles. The average molecular weight is 310 g/mol. The summed E-state index contributed by atoms with van der Waals surface area (Å²) in [6, 6.07) is 3.82. The van der Waals surface area contributed by atoms with Crippen molar-refractivity contribution in [2.75, 3.05) is 0 Å². The first kappa shape index (κ1) is 17.0. The number of aliphatic carboxylic acids is 2. The Morgan fingerprint density at radius 1 is 1.14 bits per heavy atom. The molecule has 0 radical (unpaired) electrons. The highest BCUT2D eigenvalue weighted by Crippen LogP contribution is 2.25. The van der Waals surface area contributed by atoms with E-state index in [-0.39, 0.29) is 17.9 Å². The Hall–Kier alpha value is -3.03. The first-order chi connectivity index (χ1) is 10.3. The Labute approximate surface area is 124 Å². The second-order valence-electron chi connectivity index (χ2n) is 4.28. The van der Waals surface area contributed by atoms with Gasteiger partial charge in [-0.05, 0) is 23.8 Å². The lowest BCUT2D eigenvalue weighted by molar-refractivity contribution is -0.161. The first-order valence-electron chi connectivity index (χ1n) is 6.15. The third kappa shape index (κ3) is 5.53. The van der Waals surface area contributed by atoms with Crippen molar-refractivity contribution in [1.29, 1.82) is 0 Å². The largest absolute Gasteiger partial charge is 0.504 e. The molecule has 0 bridgehead atoms. The molecule has 0 unspecified atom stereocenters. The van der Waals surface area contributed by atoms with Gasteiger partial charge in [-0.25, -0.2) is 9.59 Å². The van der Waals surface area contributed by atoms with Gasteiger partial charge in [-0.1, -0.05) is 6.07 Å². The number of carboxylic acids is 2. The lowest BCUT2D eigenvalue weighted by Crippen LogP contribution is -2.27. The second-order valence-corrected chi connectivity index (χ2v) is 4.28. The number of carboxylic acid groups (broad SMARTS) is 2. The fourth-order valence-corrected chi connectivity index (χ4v) is 1.48. The zero-order valence-electron chi connectivity index (χ0n) is 11.3. The molecule has 0 spiro atoms. The van der Waals surface area contributed by atoms with Gasteiger partial charge in [-0.3, -0.25) is 4.79 Å². The number of ether oxygens (including phenoxy) is 1. The van der Waals surface area contributed by atoms with E-state index < -0.39 is 30.4 Å². The fraction of sp³-hybridized carbons (Fsp3) is 0.214. The van der Waals surface area contributed by atoms with Gasteiger partial charge in [0.05, 0.1) is 0 Å². The van der Waals surface area contributed by atoms with E-state index in [0.717, 1.165) is 6.08 Å². The Bertz CT molecular complexity index is 605. The summed E-state index contributed by atoms with van der Waals surface area (Å²) in [6.07, 6.45) is -0.161. The smallest absolute Gasteiger partial charge is 0.345 e. The van der Waals surface area contributed by atoms with E-state index in [1.54, 1.807) is 0 Å². The van der Waals surface area contributed by atoms with Crippen LogP contribution in [0, 0.1) is 0 Å². The van der Waals surface area contributed by atoms with Crippen molar-refractivity contribution in [3.8, 4) is 11.5 Å². The van der Waals surface area contributed by atoms with Crippen molar-refractivity contribution in [2.45, 2.75) is 18.9 Å². The topological polar surface area (TPSA) is 141 Å². The van der Waals surface area contributed by atoms with Crippen LogP contribution in [0.3, 0.4) is 0 Å². The molecule has 8 nitrogen and oxygen atoms in total. The molecule has 1 aromatic rings. The molecule has 4 N–H and O–H groups in total. The first-order valence-corrected chi connectivity index (χ1v) is 6.15. The molecule has 1 atom stereocenters. The van der Waals surface area contributed by atoms with Crippen molar-refractivity contribution in [2.24, 2.45) is 0 Å². The molecule has 1 rings (SSSR count). The fourth-order valence-electron chi connectivity index (χ4n) is 1.48. The van der Waals surface area contributed by atoms with Gasteiger partial charge in [0.2, 0.25) is 0 Å². The molecule has 0 saturated heterocycles. The molecular weight excluding hydrogens is 296 g/mol. The molecule has 0 aromatic heterocycles. The minimum Gasteiger partial charge on any atom is -0.504 e. The number of phenolic OH excluding ortho intramolecular Hbond substituents is 2. The Morgan fingerprint density at radius 3 is 2.36 bits per heavy atom. The summed E-state index contributed by atoms with van der Waals surface area (Å²) in [5.41, 5.74) is 0.379. The number of carbonyl (C=O) groups is 3. The molecule has 0 aliphatic rings. The Balaban J connectivity index is 2.66. The maximum atomic E-state index is 11.5. The number of carbonyl (C=O) groups excluding carboxylic acids is 1. The van der Waals surface area contributed by atoms with Crippen LogP contribution < -0.4 is 0 Å². The van der Waals surface area contributed by atoms with E-state index in [4.69, 9.17) is 15.3 Å². The Morgan fingerprint density at radius 2 is 1.82 bits per heavy atom. The van der Waals surface area contributed by atoms with Gasteiger partial charge in [0.1, 0.15) is 0 Å². The van der Waals surface area contributed by atoms with Gasteiger partial charge in [-0.2, -0.15) is 0 Å². The number of benzene rings is 1. The third-order valence-corrected chi connectivity index (χ3v) is 2.57. The highest BCUT2D eigenvalue weighted by molar-refractivity contribution is 5.89. The van der Waals surface area contributed by atoms with Crippen molar-refractivity contribution in [1.82, 2.24) is 0 Å². The summed E-state index contributed by atoms with van der Waals surface area (Å²) in [7, 11) is 0. The average Bonchev–Trinajstić information content (AvgIpc) is 2.44. The second kappa shape index (κ2) is 7.67. The quantitative estimate of drug-likeness (QED) is 0.331. The molecule has 1 aromatic carbocycles. The van der Waals surface area contributed by atoms with Gasteiger partial charge < -0.3 is 25.2 Å². The van der Waals surface area contributed by atoms with Crippen LogP contribution in [0.2, 0.25) is 0 Å². The summed E-state index contributed by atoms with van der Waals surface area (Å²) >= 11 is 0. The Kier molecular flexibility index (Phi) is 5.94. The van der Waals surface area contributed by atoms with Crippen LogP contribution in [-0.4, -0.2) is 44.4 Å². The van der Waals surface area contributed by atoms with Gasteiger partial charge in [0.25, 0.3) is 0 Å². The lowest BCUT2D eigenvalue weighted by atomic mass is 10.2. The van der Waals surface area contributed by atoms with Gasteiger partial charge in [0, 0.05) is 18.9 Å². The van der Waals surface area contributed by atoms with Crippen LogP contribution in [0.25, 0.3) is 6.08 Å². The number of esters is 1. The van der Waals surface area contributed by atoms with Crippen LogP contribution in [0.15, 0.2) is 24.3 Å². The standard InChI is InChI=1S/C14H14O8/c15-9-3-1-8(7-10(9)16)2-6-13(19)22-11(14(20)21)4-5-12(17)18/h1-3,6-7,11,15-16H,4-5H2,(H,17,18)(H,20,21)/t11-/m1/s1. The van der Waals surface area contributed by atoms with Gasteiger partial charge in [-0.15, -0.1) is 0 Å². The molecule has 0 aliphatic carbocycles. The van der Waals surface area contributed by atoms with E-state index in [2.05, 4.69) is 4.74 Å². The molecule has 0 saturated carbocycles. The van der Waals surface area contributed by atoms with E-state index >= 15 is 0 Å². The van der Waals surface area contributed by atoms with Crippen LogP contribution in [0.5, 0.6) is 11.5 Å². The third-order valence-electron chi connectivity index (χ3n) is 2.57. The zero-order chi connectivity index (χ0) is 16.7. The summed E-state index contributed by atoms with van der Waals surface area (Å²) in [4.78, 5) is 32.7. The number of rotatable bonds is 7. The zero-order valence-corrected chi connectivity index (χ0v) is 11.3. The molecule has 118 valence electrons. The predicted molar refractivity (Wildman–Crippen MR) is 73.2 cm³/mol.